The van der Waals surface area contributed by atoms with Gasteiger partial charge in [-0.25, -0.2) is 0 Å². The Hall–Kier alpha value is -2.83. The average Bonchev–Trinajstić information content (AvgIpc) is 2.78. The monoisotopic (exact) mass is 430 g/mol. The molecule has 1 aliphatic heterocycles. The van der Waals surface area contributed by atoms with Crippen molar-refractivity contribution in [3.05, 3.63) is 65.2 Å². The van der Waals surface area contributed by atoms with Crippen molar-refractivity contribution in [2.24, 2.45) is 5.92 Å². The lowest BCUT2D eigenvalue weighted by Gasteiger charge is -2.44. The number of nitrogens with zero attached hydrogens (tertiary/aromatic N) is 1. The molecule has 0 radical (unpaired) electrons. The van der Waals surface area contributed by atoms with E-state index in [1.54, 1.807) is 24.3 Å². The lowest BCUT2D eigenvalue weighted by Crippen LogP contribution is -2.49. The zero-order valence-corrected chi connectivity index (χ0v) is 17.1. The summed E-state index contributed by atoms with van der Waals surface area (Å²) >= 11 is 0. The molecule has 164 valence electrons. The van der Waals surface area contributed by atoms with Crippen LogP contribution in [0.25, 0.3) is 0 Å². The molecule has 2 aromatic carbocycles. The van der Waals surface area contributed by atoms with Gasteiger partial charge in [0.2, 0.25) is 0 Å². The van der Waals surface area contributed by atoms with Crippen molar-refractivity contribution in [3.8, 4) is 0 Å². The maximum absolute atomic E-state index is 13.1. The normalized spacial score (nSPS) is 21.3. The Kier molecular flexibility index (Phi) is 6.03. The van der Waals surface area contributed by atoms with Crippen LogP contribution < -0.4 is 5.32 Å². The van der Waals surface area contributed by atoms with Gasteiger partial charge in [-0.15, -0.1) is 0 Å². The molecule has 2 unspecified atom stereocenters. The average molecular weight is 430 g/mol. The number of amides is 2. The van der Waals surface area contributed by atoms with Gasteiger partial charge in [-0.1, -0.05) is 12.8 Å². The number of carbonyl (C=O) groups excluding carboxylic acids is 2. The highest BCUT2D eigenvalue weighted by Gasteiger charge is 2.36. The quantitative estimate of drug-likeness (QED) is 0.674. The van der Waals surface area contributed by atoms with Crippen LogP contribution in [-0.4, -0.2) is 29.3 Å². The van der Waals surface area contributed by atoms with Crippen LogP contribution in [0.15, 0.2) is 48.5 Å². The maximum Gasteiger partial charge on any atom is 0.416 e. The second kappa shape index (κ2) is 8.73. The van der Waals surface area contributed by atoms with E-state index in [0.29, 0.717) is 23.2 Å². The van der Waals surface area contributed by atoms with Gasteiger partial charge in [0.15, 0.2) is 0 Å². The van der Waals surface area contributed by atoms with Crippen LogP contribution in [0.2, 0.25) is 0 Å². The highest BCUT2D eigenvalue weighted by molar-refractivity contribution is 6.04. The van der Waals surface area contributed by atoms with E-state index in [0.717, 1.165) is 43.7 Å². The number of hydrogen-bond acceptors (Lipinski definition) is 2. The summed E-state index contributed by atoms with van der Waals surface area (Å²) in [6.07, 6.45) is 2.47. The van der Waals surface area contributed by atoms with Gasteiger partial charge in [-0.2, -0.15) is 13.2 Å². The van der Waals surface area contributed by atoms with Crippen LogP contribution in [0.1, 0.15) is 64.8 Å². The van der Waals surface area contributed by atoms with Gasteiger partial charge in [-0.3, -0.25) is 9.59 Å². The van der Waals surface area contributed by atoms with E-state index in [-0.39, 0.29) is 11.5 Å². The first-order chi connectivity index (χ1) is 14.8. The van der Waals surface area contributed by atoms with Crippen molar-refractivity contribution < 1.29 is 22.8 Å². The number of likely N-dealkylation sites (tertiary alicyclic amines) is 1. The number of alkyl halides is 3. The molecule has 2 amide bonds. The summed E-state index contributed by atoms with van der Waals surface area (Å²) in [5, 5.41) is 2.66. The first kappa shape index (κ1) is 21.4. The number of nitrogens with one attached hydrogen (secondary N) is 1. The minimum atomic E-state index is -4.44. The van der Waals surface area contributed by atoms with Crippen molar-refractivity contribution in [1.29, 1.82) is 0 Å². The Bertz CT molecular complexity index is 937. The molecular weight excluding hydrogens is 405 g/mol. The highest BCUT2D eigenvalue weighted by Crippen LogP contribution is 2.36. The molecule has 4 nitrogen and oxygen atoms in total. The van der Waals surface area contributed by atoms with Gasteiger partial charge in [0.05, 0.1) is 5.56 Å². The fraction of sp³-hybridized carbons (Fsp3) is 0.417. The largest absolute Gasteiger partial charge is 0.416 e. The molecule has 31 heavy (non-hydrogen) atoms. The van der Waals surface area contributed by atoms with E-state index in [2.05, 4.69) is 5.32 Å². The molecule has 2 fully saturated rings. The molecule has 0 aromatic heterocycles. The summed E-state index contributed by atoms with van der Waals surface area (Å²) in [5.41, 5.74) is 0.393. The molecule has 1 heterocycles. The number of rotatable bonds is 3. The van der Waals surface area contributed by atoms with Gasteiger partial charge in [0.25, 0.3) is 11.8 Å². The van der Waals surface area contributed by atoms with Crippen molar-refractivity contribution in [3.63, 3.8) is 0 Å². The molecule has 7 heteroatoms. The smallest absolute Gasteiger partial charge is 0.335 e. The van der Waals surface area contributed by atoms with E-state index in [4.69, 9.17) is 0 Å². The topological polar surface area (TPSA) is 49.4 Å². The Morgan fingerprint density at radius 2 is 1.45 bits per heavy atom. The molecular formula is C24H25F3N2O2. The van der Waals surface area contributed by atoms with E-state index in [9.17, 15) is 22.8 Å². The SMILES string of the molecule is O=C(Nc1ccc(C(=O)N2CCCC3CCCCC32)cc1)c1ccc(C(F)(F)F)cc1. The molecule has 1 N–H and O–H groups in total. The standard InChI is InChI=1S/C24H25F3N2O2/c25-24(26,27)19-11-7-17(8-12-19)22(30)28-20-13-9-18(10-14-20)23(31)29-15-3-5-16-4-1-2-6-21(16)29/h7-14,16,21H,1-6,15H2,(H,28,30). The number of anilines is 1. The van der Waals surface area contributed by atoms with Crippen molar-refractivity contribution >= 4 is 17.5 Å². The van der Waals surface area contributed by atoms with Crippen molar-refractivity contribution in [2.75, 3.05) is 11.9 Å². The summed E-state index contributed by atoms with van der Waals surface area (Å²) in [6, 6.07) is 11.1. The molecule has 0 bridgehead atoms. The van der Waals surface area contributed by atoms with Gasteiger partial charge in [0.1, 0.15) is 0 Å². The number of hydrogen-bond donors (Lipinski definition) is 1. The summed E-state index contributed by atoms with van der Waals surface area (Å²) in [4.78, 5) is 27.4. The number of benzene rings is 2. The Balaban J connectivity index is 1.41. The minimum Gasteiger partial charge on any atom is -0.335 e. The van der Waals surface area contributed by atoms with Crippen LogP contribution in [0, 0.1) is 5.92 Å². The van der Waals surface area contributed by atoms with Crippen molar-refractivity contribution in [2.45, 2.75) is 50.7 Å². The molecule has 0 spiro atoms. The minimum absolute atomic E-state index is 0.0252. The maximum atomic E-state index is 13.1. The van der Waals surface area contributed by atoms with Crippen LogP contribution >= 0.6 is 0 Å². The third-order valence-electron chi connectivity index (χ3n) is 6.37. The van der Waals surface area contributed by atoms with E-state index < -0.39 is 17.6 Å². The van der Waals surface area contributed by atoms with Gasteiger partial charge in [-0.05, 0) is 80.1 Å². The lowest BCUT2D eigenvalue weighted by molar-refractivity contribution is -0.137. The molecule has 2 aromatic rings. The Morgan fingerprint density at radius 3 is 2.13 bits per heavy atom. The summed E-state index contributed by atoms with van der Waals surface area (Å²) < 4.78 is 38.0. The zero-order valence-electron chi connectivity index (χ0n) is 17.1. The second-order valence-electron chi connectivity index (χ2n) is 8.36. The molecule has 1 saturated heterocycles. The third-order valence-corrected chi connectivity index (χ3v) is 6.37. The lowest BCUT2D eigenvalue weighted by atomic mass is 9.78. The molecule has 1 saturated carbocycles. The fourth-order valence-corrected chi connectivity index (χ4v) is 4.75. The van der Waals surface area contributed by atoms with Crippen LogP contribution in [0.5, 0.6) is 0 Å². The Morgan fingerprint density at radius 1 is 0.839 bits per heavy atom. The highest BCUT2D eigenvalue weighted by atomic mass is 19.4. The van der Waals surface area contributed by atoms with Gasteiger partial charge >= 0.3 is 6.18 Å². The second-order valence-corrected chi connectivity index (χ2v) is 8.36. The molecule has 2 aliphatic rings. The summed E-state index contributed by atoms with van der Waals surface area (Å²) in [5.74, 6) is 0.125. The molecule has 1 aliphatic carbocycles. The van der Waals surface area contributed by atoms with Crippen LogP contribution in [-0.2, 0) is 6.18 Å². The van der Waals surface area contributed by atoms with Gasteiger partial charge < -0.3 is 10.2 Å². The van der Waals surface area contributed by atoms with Gasteiger partial charge in [0, 0.05) is 29.4 Å². The van der Waals surface area contributed by atoms with E-state index >= 15 is 0 Å². The van der Waals surface area contributed by atoms with Crippen LogP contribution in [0.3, 0.4) is 0 Å². The first-order valence-electron chi connectivity index (χ1n) is 10.7. The number of piperidine rings is 1. The number of fused-ring (bicyclic) bond motifs is 1. The predicted molar refractivity (Wildman–Crippen MR) is 112 cm³/mol. The predicted octanol–water partition coefficient (Wildman–Crippen LogP) is 5.75. The first-order valence-corrected chi connectivity index (χ1v) is 10.7. The summed E-state index contributed by atoms with van der Waals surface area (Å²) in [7, 11) is 0. The van der Waals surface area contributed by atoms with Crippen molar-refractivity contribution in [1.82, 2.24) is 4.90 Å². The molecule has 2 atom stereocenters. The van der Waals surface area contributed by atoms with E-state index in [1.165, 1.54) is 25.7 Å². The zero-order chi connectivity index (χ0) is 22.0. The summed E-state index contributed by atoms with van der Waals surface area (Å²) in [6.45, 7) is 0.784. The Labute approximate surface area is 179 Å². The fourth-order valence-electron chi connectivity index (χ4n) is 4.75. The number of halogens is 3. The van der Waals surface area contributed by atoms with Crippen LogP contribution in [0.4, 0.5) is 18.9 Å². The number of carbonyl (C=O) groups is 2. The van der Waals surface area contributed by atoms with E-state index in [1.807, 2.05) is 4.90 Å². The molecule has 4 rings (SSSR count). The third kappa shape index (κ3) is 4.75.